The van der Waals surface area contributed by atoms with Gasteiger partial charge in [-0.3, -0.25) is 0 Å². The fourth-order valence-corrected chi connectivity index (χ4v) is 1.14. The number of rotatable bonds is 1. The molecule has 6 heteroatoms. The molecule has 0 aromatic carbocycles. The van der Waals surface area contributed by atoms with Crippen LogP contribution in [-0.4, -0.2) is 27.7 Å². The number of carbonyl (C=O) groups is 1. The third-order valence-corrected chi connectivity index (χ3v) is 1.78. The molecule has 2 heterocycles. The van der Waals surface area contributed by atoms with Crippen LogP contribution in [0.3, 0.4) is 0 Å². The summed E-state index contributed by atoms with van der Waals surface area (Å²) in [6.45, 7) is 0. The summed E-state index contributed by atoms with van der Waals surface area (Å²) in [7, 11) is 1.31. The van der Waals surface area contributed by atoms with Crippen LogP contribution in [0.5, 0.6) is 0 Å². The lowest BCUT2D eigenvalue weighted by Crippen LogP contribution is -2.02. The van der Waals surface area contributed by atoms with Crippen molar-refractivity contribution in [1.29, 1.82) is 0 Å². The lowest BCUT2D eigenvalue weighted by molar-refractivity contribution is 0.0602. The molecule has 0 saturated heterocycles. The maximum absolute atomic E-state index is 11.2. The van der Waals surface area contributed by atoms with Gasteiger partial charge < -0.3 is 10.5 Å². The monoisotopic (exact) mass is 192 g/mol. The minimum absolute atomic E-state index is 0.326. The highest BCUT2D eigenvalue weighted by Crippen LogP contribution is 2.10. The number of nitrogens with zero attached hydrogens (tertiary/aromatic N) is 3. The molecule has 2 aromatic heterocycles. The summed E-state index contributed by atoms with van der Waals surface area (Å²) in [5, 5.41) is 3.92. The summed E-state index contributed by atoms with van der Waals surface area (Å²) in [5.74, 6) is -0.461. The summed E-state index contributed by atoms with van der Waals surface area (Å²) in [5.41, 5.74) is 6.75. The molecule has 0 spiro atoms. The van der Waals surface area contributed by atoms with Crippen LogP contribution in [0.25, 0.3) is 5.65 Å². The first kappa shape index (κ1) is 8.49. The average Bonchev–Trinajstić information content (AvgIpc) is 2.59. The number of nitrogen functional groups attached to an aromatic ring is 1. The summed E-state index contributed by atoms with van der Waals surface area (Å²) < 4.78 is 6.00. The van der Waals surface area contributed by atoms with Gasteiger partial charge in [-0.25, -0.2) is 14.3 Å². The van der Waals surface area contributed by atoms with Gasteiger partial charge >= 0.3 is 5.97 Å². The van der Waals surface area contributed by atoms with Crippen molar-refractivity contribution >= 4 is 17.3 Å². The largest absolute Gasteiger partial charge is 0.465 e. The highest BCUT2D eigenvalue weighted by Gasteiger charge is 2.13. The molecule has 0 aliphatic rings. The Kier molecular flexibility index (Phi) is 1.81. The molecule has 0 atom stereocenters. The van der Waals surface area contributed by atoms with Crippen LogP contribution >= 0.6 is 0 Å². The van der Waals surface area contributed by atoms with Crippen molar-refractivity contribution < 1.29 is 9.53 Å². The van der Waals surface area contributed by atoms with Crippen LogP contribution in [0.2, 0.25) is 0 Å². The fourth-order valence-electron chi connectivity index (χ4n) is 1.14. The number of ether oxygens (including phenoxy) is 1. The van der Waals surface area contributed by atoms with Crippen molar-refractivity contribution in [2.24, 2.45) is 0 Å². The zero-order valence-corrected chi connectivity index (χ0v) is 7.47. The predicted molar refractivity (Wildman–Crippen MR) is 48.7 cm³/mol. The Labute approximate surface area is 79.3 Å². The Bertz CT molecular complexity index is 491. The Hall–Kier alpha value is -2.11. The maximum Gasteiger partial charge on any atom is 0.343 e. The van der Waals surface area contributed by atoms with Gasteiger partial charge in [0.05, 0.1) is 31.4 Å². The smallest absolute Gasteiger partial charge is 0.343 e. The molecular weight excluding hydrogens is 184 g/mol. The van der Waals surface area contributed by atoms with E-state index in [1.54, 1.807) is 6.20 Å². The van der Waals surface area contributed by atoms with Gasteiger partial charge in [0.15, 0.2) is 5.65 Å². The predicted octanol–water partition coefficient (Wildman–Crippen LogP) is 0.0981. The van der Waals surface area contributed by atoms with Crippen LogP contribution in [0, 0.1) is 0 Å². The van der Waals surface area contributed by atoms with E-state index in [0.29, 0.717) is 16.9 Å². The van der Waals surface area contributed by atoms with E-state index in [1.807, 2.05) is 0 Å². The zero-order chi connectivity index (χ0) is 10.1. The third-order valence-electron chi connectivity index (χ3n) is 1.78. The van der Waals surface area contributed by atoms with E-state index in [4.69, 9.17) is 5.73 Å². The summed E-state index contributed by atoms with van der Waals surface area (Å²) in [6.07, 6.45) is 4.44. The number of hydrogen-bond acceptors (Lipinski definition) is 5. The maximum atomic E-state index is 11.2. The van der Waals surface area contributed by atoms with Crippen molar-refractivity contribution in [1.82, 2.24) is 14.6 Å². The highest BCUT2D eigenvalue weighted by atomic mass is 16.5. The Morgan fingerprint density at radius 2 is 2.36 bits per heavy atom. The minimum Gasteiger partial charge on any atom is -0.465 e. The molecule has 6 nitrogen and oxygen atoms in total. The number of nitrogens with two attached hydrogens (primary N) is 1. The van der Waals surface area contributed by atoms with Gasteiger partial charge in [0.1, 0.15) is 5.56 Å². The van der Waals surface area contributed by atoms with Crippen molar-refractivity contribution in [2.45, 2.75) is 0 Å². The molecule has 72 valence electrons. The van der Waals surface area contributed by atoms with Gasteiger partial charge in [-0.05, 0) is 0 Å². The second-order valence-electron chi connectivity index (χ2n) is 2.71. The molecule has 2 N–H and O–H groups in total. The van der Waals surface area contributed by atoms with Gasteiger partial charge in [-0.1, -0.05) is 0 Å². The quantitative estimate of drug-likeness (QED) is 0.648. The first-order valence-corrected chi connectivity index (χ1v) is 3.89. The average molecular weight is 192 g/mol. The number of fused-ring (bicyclic) bond motifs is 1. The van der Waals surface area contributed by atoms with Crippen LogP contribution in [0.1, 0.15) is 10.4 Å². The topological polar surface area (TPSA) is 82.5 Å². The zero-order valence-electron chi connectivity index (χ0n) is 7.47. The number of esters is 1. The van der Waals surface area contributed by atoms with Crippen LogP contribution in [-0.2, 0) is 4.74 Å². The number of hydrogen-bond donors (Lipinski definition) is 1. The molecule has 0 fully saturated rings. The van der Waals surface area contributed by atoms with Gasteiger partial charge in [0, 0.05) is 0 Å². The van der Waals surface area contributed by atoms with E-state index in [2.05, 4.69) is 14.8 Å². The first-order chi connectivity index (χ1) is 6.72. The van der Waals surface area contributed by atoms with Crippen LogP contribution in [0.4, 0.5) is 5.69 Å². The molecule has 0 aliphatic heterocycles. The molecule has 0 unspecified atom stereocenters. The number of anilines is 1. The van der Waals surface area contributed by atoms with E-state index < -0.39 is 5.97 Å². The van der Waals surface area contributed by atoms with Gasteiger partial charge in [-0.2, -0.15) is 5.10 Å². The normalized spacial score (nSPS) is 10.4. The second kappa shape index (κ2) is 2.99. The molecule has 0 saturated carbocycles. The molecule has 2 rings (SSSR count). The molecule has 0 amide bonds. The molecular formula is C8H8N4O2. The molecule has 14 heavy (non-hydrogen) atoms. The fraction of sp³-hybridized carbons (Fsp3) is 0.125. The molecule has 0 radical (unpaired) electrons. The van der Waals surface area contributed by atoms with Crippen molar-refractivity contribution in [3.8, 4) is 0 Å². The number of aromatic nitrogens is 3. The Morgan fingerprint density at radius 3 is 3.07 bits per heavy atom. The SMILES string of the molecule is COC(=O)c1cnn2cc(N)cnc12. The molecule has 2 aromatic rings. The minimum atomic E-state index is -0.461. The van der Waals surface area contributed by atoms with E-state index in [0.717, 1.165) is 0 Å². The van der Waals surface area contributed by atoms with Crippen LogP contribution < -0.4 is 5.73 Å². The number of carbonyl (C=O) groups excluding carboxylic acids is 1. The van der Waals surface area contributed by atoms with Crippen LogP contribution in [0.15, 0.2) is 18.6 Å². The third kappa shape index (κ3) is 1.17. The van der Waals surface area contributed by atoms with Gasteiger partial charge in [-0.15, -0.1) is 0 Å². The van der Waals surface area contributed by atoms with Gasteiger partial charge in [0.2, 0.25) is 0 Å². The lowest BCUT2D eigenvalue weighted by atomic mass is 10.3. The van der Waals surface area contributed by atoms with E-state index in [9.17, 15) is 4.79 Å². The van der Waals surface area contributed by atoms with Gasteiger partial charge in [0.25, 0.3) is 0 Å². The standard InChI is InChI=1S/C8H8N4O2/c1-14-8(13)6-3-11-12-4-5(9)2-10-7(6)12/h2-4H,9H2,1H3. The Morgan fingerprint density at radius 1 is 1.57 bits per heavy atom. The van der Waals surface area contributed by atoms with Crippen molar-refractivity contribution in [3.63, 3.8) is 0 Å². The van der Waals surface area contributed by atoms with E-state index >= 15 is 0 Å². The highest BCUT2D eigenvalue weighted by molar-refractivity contribution is 5.95. The lowest BCUT2D eigenvalue weighted by Gasteiger charge is -1.96. The summed E-state index contributed by atoms with van der Waals surface area (Å²) in [6, 6.07) is 0. The Balaban J connectivity index is 2.64. The molecule has 0 bridgehead atoms. The number of methoxy groups -OCH3 is 1. The second-order valence-corrected chi connectivity index (χ2v) is 2.71. The van der Waals surface area contributed by atoms with E-state index in [1.165, 1.54) is 24.0 Å². The summed E-state index contributed by atoms with van der Waals surface area (Å²) >= 11 is 0. The van der Waals surface area contributed by atoms with E-state index in [-0.39, 0.29) is 0 Å². The summed E-state index contributed by atoms with van der Waals surface area (Å²) in [4.78, 5) is 15.2. The first-order valence-electron chi connectivity index (χ1n) is 3.89. The van der Waals surface area contributed by atoms with Crippen molar-refractivity contribution in [2.75, 3.05) is 12.8 Å². The van der Waals surface area contributed by atoms with Crippen molar-refractivity contribution in [3.05, 3.63) is 24.2 Å². The molecule has 0 aliphatic carbocycles.